The van der Waals surface area contributed by atoms with Crippen molar-refractivity contribution in [2.24, 2.45) is 5.92 Å². The molecule has 1 heterocycles. The van der Waals surface area contributed by atoms with Crippen LogP contribution >= 0.6 is 15.9 Å². The average molecular weight is 344 g/mol. The third-order valence-corrected chi connectivity index (χ3v) is 4.15. The molecule has 1 saturated carbocycles. The van der Waals surface area contributed by atoms with Crippen molar-refractivity contribution >= 4 is 21.7 Å². The van der Waals surface area contributed by atoms with Gasteiger partial charge in [-0.25, -0.2) is 9.97 Å². The lowest BCUT2D eigenvalue weighted by Gasteiger charge is -2.17. The van der Waals surface area contributed by atoms with Gasteiger partial charge in [-0.15, -0.1) is 0 Å². The smallest absolute Gasteiger partial charge is 0.160 e. The molecule has 0 amide bonds. The SMILES string of the molecule is CCCNc1nc(C(OC)C2CC2)nc(COC)c1Br. The zero-order chi connectivity index (χ0) is 14.5. The summed E-state index contributed by atoms with van der Waals surface area (Å²) in [4.78, 5) is 9.25. The van der Waals surface area contributed by atoms with Crippen molar-refractivity contribution in [1.82, 2.24) is 9.97 Å². The van der Waals surface area contributed by atoms with Crippen LogP contribution in [0.3, 0.4) is 0 Å². The molecule has 5 nitrogen and oxygen atoms in total. The Kier molecular flexibility index (Phi) is 5.74. The van der Waals surface area contributed by atoms with E-state index in [1.807, 2.05) is 0 Å². The Balaban J connectivity index is 2.32. The maximum absolute atomic E-state index is 5.58. The third-order valence-electron chi connectivity index (χ3n) is 3.32. The van der Waals surface area contributed by atoms with Gasteiger partial charge in [0, 0.05) is 20.8 Å². The topological polar surface area (TPSA) is 56.3 Å². The second-order valence-corrected chi connectivity index (χ2v) is 5.84. The van der Waals surface area contributed by atoms with Gasteiger partial charge in [0.2, 0.25) is 0 Å². The molecule has 2 rings (SSSR count). The van der Waals surface area contributed by atoms with Crippen LogP contribution in [0.4, 0.5) is 5.82 Å². The van der Waals surface area contributed by atoms with Crippen LogP contribution in [-0.2, 0) is 16.1 Å². The van der Waals surface area contributed by atoms with Crippen molar-refractivity contribution in [3.05, 3.63) is 16.0 Å². The van der Waals surface area contributed by atoms with Gasteiger partial charge in [0.1, 0.15) is 11.9 Å². The Bertz CT molecular complexity index is 452. The minimum atomic E-state index is -0.0131. The van der Waals surface area contributed by atoms with Crippen molar-refractivity contribution in [3.63, 3.8) is 0 Å². The monoisotopic (exact) mass is 343 g/mol. The van der Waals surface area contributed by atoms with Gasteiger partial charge in [0.15, 0.2) is 5.82 Å². The van der Waals surface area contributed by atoms with E-state index in [4.69, 9.17) is 9.47 Å². The molecule has 0 spiro atoms. The number of aromatic nitrogens is 2. The molecule has 20 heavy (non-hydrogen) atoms. The fourth-order valence-corrected chi connectivity index (χ4v) is 2.57. The minimum absolute atomic E-state index is 0.0131. The summed E-state index contributed by atoms with van der Waals surface area (Å²) in [7, 11) is 3.39. The first kappa shape index (κ1) is 15.7. The Hall–Kier alpha value is -0.720. The molecule has 6 heteroatoms. The van der Waals surface area contributed by atoms with E-state index < -0.39 is 0 Å². The van der Waals surface area contributed by atoms with E-state index in [0.29, 0.717) is 12.5 Å². The van der Waals surface area contributed by atoms with Crippen molar-refractivity contribution in [2.45, 2.75) is 38.9 Å². The van der Waals surface area contributed by atoms with E-state index in [1.165, 1.54) is 12.8 Å². The molecular weight excluding hydrogens is 322 g/mol. The molecule has 1 atom stereocenters. The fourth-order valence-electron chi connectivity index (χ4n) is 2.14. The largest absolute Gasteiger partial charge is 0.378 e. The molecule has 0 radical (unpaired) electrons. The molecule has 1 unspecified atom stereocenters. The first-order chi connectivity index (χ1) is 9.71. The van der Waals surface area contributed by atoms with Crippen LogP contribution in [0.1, 0.15) is 43.8 Å². The van der Waals surface area contributed by atoms with Gasteiger partial charge in [0.25, 0.3) is 0 Å². The summed E-state index contributed by atoms with van der Waals surface area (Å²) in [5.74, 6) is 2.13. The Morgan fingerprint density at radius 3 is 2.65 bits per heavy atom. The summed E-state index contributed by atoms with van der Waals surface area (Å²) >= 11 is 3.56. The van der Waals surface area contributed by atoms with Crippen LogP contribution in [0.15, 0.2) is 4.47 Å². The Labute approximate surface area is 128 Å². The maximum atomic E-state index is 5.58. The molecule has 1 fully saturated rings. The second-order valence-electron chi connectivity index (χ2n) is 5.04. The highest BCUT2D eigenvalue weighted by molar-refractivity contribution is 9.10. The predicted molar refractivity (Wildman–Crippen MR) is 81.7 cm³/mol. The number of ether oxygens (including phenoxy) is 2. The maximum Gasteiger partial charge on any atom is 0.160 e. The molecule has 1 aromatic heterocycles. The summed E-state index contributed by atoms with van der Waals surface area (Å²) in [6.07, 6.45) is 3.41. The summed E-state index contributed by atoms with van der Waals surface area (Å²) in [6.45, 7) is 3.46. The van der Waals surface area contributed by atoms with E-state index in [2.05, 4.69) is 38.1 Å². The second kappa shape index (κ2) is 7.33. The lowest BCUT2D eigenvalue weighted by molar-refractivity contribution is 0.0765. The normalized spacial score (nSPS) is 16.2. The molecular formula is C14H22BrN3O2. The lowest BCUT2D eigenvalue weighted by atomic mass is 10.2. The van der Waals surface area contributed by atoms with Crippen LogP contribution in [0.2, 0.25) is 0 Å². The van der Waals surface area contributed by atoms with Crippen molar-refractivity contribution in [1.29, 1.82) is 0 Å². The zero-order valence-corrected chi connectivity index (χ0v) is 13.9. The van der Waals surface area contributed by atoms with E-state index >= 15 is 0 Å². The van der Waals surface area contributed by atoms with Gasteiger partial charge >= 0.3 is 0 Å². The van der Waals surface area contributed by atoms with Gasteiger partial charge in [-0.3, -0.25) is 0 Å². The highest BCUT2D eigenvalue weighted by Gasteiger charge is 2.35. The quantitative estimate of drug-likeness (QED) is 0.784. The summed E-state index contributed by atoms with van der Waals surface area (Å²) < 4.78 is 11.7. The van der Waals surface area contributed by atoms with E-state index in [-0.39, 0.29) is 6.10 Å². The van der Waals surface area contributed by atoms with Crippen LogP contribution in [0.25, 0.3) is 0 Å². The van der Waals surface area contributed by atoms with E-state index in [9.17, 15) is 0 Å². The van der Waals surface area contributed by atoms with Crippen molar-refractivity contribution in [2.75, 3.05) is 26.1 Å². The lowest BCUT2D eigenvalue weighted by Crippen LogP contribution is -2.14. The highest BCUT2D eigenvalue weighted by atomic mass is 79.9. The molecule has 1 aliphatic rings. The number of rotatable bonds is 8. The van der Waals surface area contributed by atoms with Crippen molar-refractivity contribution < 1.29 is 9.47 Å². The molecule has 1 N–H and O–H groups in total. The zero-order valence-electron chi connectivity index (χ0n) is 12.3. The first-order valence-corrected chi connectivity index (χ1v) is 7.82. The summed E-state index contributed by atoms with van der Waals surface area (Å²) in [5.41, 5.74) is 0.860. The third kappa shape index (κ3) is 3.68. The summed E-state index contributed by atoms with van der Waals surface area (Å²) in [6, 6.07) is 0. The molecule has 0 aromatic carbocycles. The van der Waals surface area contributed by atoms with Gasteiger partial charge in [-0.1, -0.05) is 6.92 Å². The highest BCUT2D eigenvalue weighted by Crippen LogP contribution is 2.42. The number of methoxy groups -OCH3 is 2. The number of halogens is 1. The van der Waals surface area contributed by atoms with Gasteiger partial charge < -0.3 is 14.8 Å². The first-order valence-electron chi connectivity index (χ1n) is 7.03. The molecule has 0 saturated heterocycles. The number of anilines is 1. The van der Waals surface area contributed by atoms with E-state index in [0.717, 1.165) is 34.8 Å². The fraction of sp³-hybridized carbons (Fsp3) is 0.714. The standard InChI is InChI=1S/C14H22BrN3O2/c1-4-7-16-13-11(15)10(8-19-2)17-14(18-13)12(20-3)9-5-6-9/h9,12H,4-8H2,1-3H3,(H,16,17,18). The molecule has 0 bridgehead atoms. The average Bonchev–Trinajstić information content (AvgIpc) is 3.26. The van der Waals surface area contributed by atoms with Crippen LogP contribution in [0, 0.1) is 5.92 Å². The number of hydrogen-bond donors (Lipinski definition) is 1. The van der Waals surface area contributed by atoms with Gasteiger partial charge in [-0.05, 0) is 41.1 Å². The van der Waals surface area contributed by atoms with E-state index in [1.54, 1.807) is 14.2 Å². The Morgan fingerprint density at radius 1 is 1.35 bits per heavy atom. The number of nitrogens with zero attached hydrogens (tertiary/aromatic N) is 2. The molecule has 0 aliphatic heterocycles. The van der Waals surface area contributed by atoms with Gasteiger partial charge in [-0.2, -0.15) is 0 Å². The number of nitrogens with one attached hydrogen (secondary N) is 1. The Morgan fingerprint density at radius 2 is 2.10 bits per heavy atom. The number of hydrogen-bond acceptors (Lipinski definition) is 5. The van der Waals surface area contributed by atoms with Crippen molar-refractivity contribution in [3.8, 4) is 0 Å². The molecule has 112 valence electrons. The van der Waals surface area contributed by atoms with Crippen LogP contribution in [0.5, 0.6) is 0 Å². The van der Waals surface area contributed by atoms with Crippen LogP contribution in [-0.4, -0.2) is 30.7 Å². The van der Waals surface area contributed by atoms with Crippen LogP contribution < -0.4 is 5.32 Å². The van der Waals surface area contributed by atoms with Gasteiger partial charge in [0.05, 0.1) is 16.8 Å². The molecule has 1 aliphatic carbocycles. The molecule has 1 aromatic rings. The summed E-state index contributed by atoms with van der Waals surface area (Å²) in [5, 5.41) is 3.33. The minimum Gasteiger partial charge on any atom is -0.378 e. The predicted octanol–water partition coefficient (Wildman–Crippen LogP) is 3.30.